The lowest BCUT2D eigenvalue weighted by Gasteiger charge is -2.31. The lowest BCUT2D eigenvalue weighted by molar-refractivity contribution is -0.169. The van der Waals surface area contributed by atoms with Gasteiger partial charge in [0.25, 0.3) is 5.91 Å². The van der Waals surface area contributed by atoms with E-state index in [4.69, 9.17) is 23.0 Å². The molecule has 0 aliphatic heterocycles. The highest BCUT2D eigenvalue weighted by atomic mass is 31.2. The first-order valence-corrected chi connectivity index (χ1v) is 22.7. The van der Waals surface area contributed by atoms with E-state index in [2.05, 4.69) is 43.2 Å². The highest BCUT2D eigenvalue weighted by molar-refractivity contribution is 7.48. The Bertz CT molecular complexity index is 2060. The van der Waals surface area contributed by atoms with Gasteiger partial charge >= 0.3 is 25.8 Å². The normalized spacial score (nSPS) is 12.3. The third kappa shape index (κ3) is 17.3. The van der Waals surface area contributed by atoms with Crippen LogP contribution in [0.3, 0.4) is 0 Å². The van der Waals surface area contributed by atoms with Crippen LogP contribution in [0.15, 0.2) is 103 Å². The van der Waals surface area contributed by atoms with Crippen molar-refractivity contribution in [3.63, 3.8) is 0 Å². The molecule has 0 spiro atoms. The van der Waals surface area contributed by atoms with Crippen LogP contribution in [0.2, 0.25) is 0 Å². The summed E-state index contributed by atoms with van der Waals surface area (Å²) in [5, 5.41) is 5.97. The van der Waals surface area contributed by atoms with Crippen LogP contribution in [-0.4, -0.2) is 68.4 Å². The second-order valence-electron chi connectivity index (χ2n) is 16.3. The van der Waals surface area contributed by atoms with Gasteiger partial charge in [0.2, 0.25) is 6.79 Å². The molecule has 0 aliphatic carbocycles. The monoisotopic (exact) mass is 886 g/mol. The van der Waals surface area contributed by atoms with E-state index in [-0.39, 0.29) is 25.6 Å². The van der Waals surface area contributed by atoms with Crippen LogP contribution in [0.1, 0.15) is 82.6 Å². The number of carbonyl (C=O) groups is 4. The standard InChI is InChI=1S/C48H63N4O10P/c1-9-40(41-22-25-44(52(28-34(2)3)29-35(4)5)43(26-41)50-48(56)49-42-23-20-36(6)21-24-42)27-45(53)58-33-59-46(54)30-51(8)47(55)37(7)62-63(57,60-31-38-16-12-10-13-17-38)61-32-39-18-14-11-15-19-39/h10-26,34-35,37,40H,9,27-33H2,1-8H3,(H2,49,50,56)/t37-,40-/m0/s1. The molecule has 2 atom stereocenters. The summed E-state index contributed by atoms with van der Waals surface area (Å²) in [6.45, 7) is 14.1. The second kappa shape index (κ2) is 24.9. The van der Waals surface area contributed by atoms with Crippen LogP contribution in [0.4, 0.5) is 21.9 Å². The van der Waals surface area contributed by atoms with Crippen molar-refractivity contribution >= 4 is 48.8 Å². The van der Waals surface area contributed by atoms with Crippen LogP contribution in [-0.2, 0) is 55.2 Å². The summed E-state index contributed by atoms with van der Waals surface area (Å²) < 4.78 is 41.1. The van der Waals surface area contributed by atoms with E-state index in [1.165, 1.54) is 14.0 Å². The van der Waals surface area contributed by atoms with Gasteiger partial charge < -0.3 is 29.9 Å². The fraction of sp³-hybridized carbons (Fsp3) is 0.417. The number of nitrogens with zero attached hydrogens (tertiary/aromatic N) is 2. The van der Waals surface area contributed by atoms with Gasteiger partial charge in [-0.25, -0.2) is 9.36 Å². The molecular formula is C48H63N4O10P. The molecule has 0 aromatic heterocycles. The molecule has 4 rings (SSSR count). The number of phosphoric ester groups is 1. The zero-order valence-electron chi connectivity index (χ0n) is 37.7. The maximum atomic E-state index is 13.8. The Hall–Kier alpha value is -5.53. The summed E-state index contributed by atoms with van der Waals surface area (Å²) in [7, 11) is -2.93. The van der Waals surface area contributed by atoms with Gasteiger partial charge in [-0.3, -0.25) is 28.0 Å². The molecule has 3 amide bonds. The number of carbonyl (C=O) groups excluding carboxylic acids is 4. The summed E-state index contributed by atoms with van der Waals surface area (Å²) in [5.74, 6) is -1.68. The van der Waals surface area contributed by atoms with Crippen LogP contribution in [0.5, 0.6) is 0 Å². The van der Waals surface area contributed by atoms with Crippen molar-refractivity contribution in [2.24, 2.45) is 11.8 Å². The third-order valence-electron chi connectivity index (χ3n) is 9.75. The lowest BCUT2D eigenvalue weighted by Crippen LogP contribution is -2.39. The number of hydrogen-bond acceptors (Lipinski definition) is 11. The fourth-order valence-electron chi connectivity index (χ4n) is 6.60. The molecule has 0 unspecified atom stereocenters. The Labute approximate surface area is 372 Å². The molecule has 15 heteroatoms. The van der Waals surface area contributed by atoms with Crippen LogP contribution < -0.4 is 15.5 Å². The second-order valence-corrected chi connectivity index (χ2v) is 17.9. The van der Waals surface area contributed by atoms with Crippen molar-refractivity contribution < 1.29 is 46.8 Å². The van der Waals surface area contributed by atoms with E-state index in [0.29, 0.717) is 29.6 Å². The number of phosphoric acid groups is 1. The van der Waals surface area contributed by atoms with Gasteiger partial charge in [-0.05, 0) is 79.0 Å². The topological polar surface area (TPSA) is 162 Å². The van der Waals surface area contributed by atoms with Gasteiger partial charge in [0.15, 0.2) is 0 Å². The predicted octanol–water partition coefficient (Wildman–Crippen LogP) is 10.1. The Balaban J connectivity index is 1.34. The molecule has 340 valence electrons. The molecule has 0 heterocycles. The lowest BCUT2D eigenvalue weighted by atomic mass is 9.92. The molecule has 0 radical (unpaired) electrons. The average molecular weight is 887 g/mol. The van der Waals surface area contributed by atoms with Crippen molar-refractivity contribution in [1.82, 2.24) is 4.90 Å². The van der Waals surface area contributed by atoms with E-state index in [0.717, 1.165) is 45.9 Å². The summed E-state index contributed by atoms with van der Waals surface area (Å²) in [4.78, 5) is 55.7. The van der Waals surface area contributed by atoms with Crippen LogP contribution in [0, 0.1) is 18.8 Å². The minimum atomic E-state index is -4.29. The first-order valence-electron chi connectivity index (χ1n) is 21.3. The van der Waals surface area contributed by atoms with E-state index in [1.807, 2.05) is 68.4 Å². The number of rotatable bonds is 24. The highest BCUT2D eigenvalue weighted by Gasteiger charge is 2.34. The summed E-state index contributed by atoms with van der Waals surface area (Å²) >= 11 is 0. The Morgan fingerprint density at radius 3 is 1.81 bits per heavy atom. The molecule has 2 N–H and O–H groups in total. The van der Waals surface area contributed by atoms with E-state index in [9.17, 15) is 23.7 Å². The summed E-state index contributed by atoms with van der Waals surface area (Å²) in [5.41, 5.74) is 5.48. The van der Waals surface area contributed by atoms with Crippen molar-refractivity contribution in [3.8, 4) is 0 Å². The number of nitrogens with one attached hydrogen (secondary N) is 2. The van der Waals surface area contributed by atoms with Crippen molar-refractivity contribution in [1.29, 1.82) is 0 Å². The SMILES string of the molecule is CC[C@@H](CC(=O)OCOC(=O)CN(C)C(=O)[C@H](C)OP(=O)(OCc1ccccc1)OCc1ccccc1)c1ccc(N(CC(C)C)CC(C)C)c(NC(=O)Nc2ccc(C)cc2)c1. The number of amides is 3. The first kappa shape index (κ1) is 50.1. The van der Waals surface area contributed by atoms with Crippen molar-refractivity contribution in [2.75, 3.05) is 49.0 Å². The molecular weight excluding hydrogens is 824 g/mol. The van der Waals surface area contributed by atoms with Crippen LogP contribution >= 0.6 is 7.82 Å². The Morgan fingerprint density at radius 1 is 0.714 bits per heavy atom. The minimum absolute atomic E-state index is 0.0178. The Kier molecular flexibility index (Phi) is 19.8. The van der Waals surface area contributed by atoms with Gasteiger partial charge in [-0.2, -0.15) is 0 Å². The largest absolute Gasteiger partial charge is 0.476 e. The number of hydrogen-bond donors (Lipinski definition) is 2. The average Bonchev–Trinajstić information content (AvgIpc) is 3.24. The molecule has 0 fully saturated rings. The summed E-state index contributed by atoms with van der Waals surface area (Å²) in [6, 6.07) is 31.0. The molecule has 0 bridgehead atoms. The van der Waals surface area contributed by atoms with E-state index < -0.39 is 51.1 Å². The molecule has 14 nitrogen and oxygen atoms in total. The minimum Gasteiger partial charge on any atom is -0.428 e. The van der Waals surface area contributed by atoms with Gasteiger partial charge in [0, 0.05) is 25.8 Å². The molecule has 0 aliphatic rings. The smallest absolute Gasteiger partial charge is 0.428 e. The maximum Gasteiger partial charge on any atom is 0.476 e. The van der Waals surface area contributed by atoms with Gasteiger partial charge in [0.1, 0.15) is 12.6 Å². The molecule has 4 aromatic carbocycles. The zero-order chi connectivity index (χ0) is 45.9. The summed E-state index contributed by atoms with van der Waals surface area (Å²) in [6.07, 6.45) is -0.764. The van der Waals surface area contributed by atoms with Crippen LogP contribution in [0.25, 0.3) is 0 Å². The van der Waals surface area contributed by atoms with Crippen molar-refractivity contribution in [2.45, 2.75) is 86.5 Å². The molecule has 4 aromatic rings. The number of likely N-dealkylation sites (N-methyl/N-ethyl adjacent to an activating group) is 1. The third-order valence-corrected chi connectivity index (χ3v) is 11.2. The number of benzene rings is 4. The number of aryl methyl sites for hydroxylation is 1. The number of anilines is 3. The van der Waals surface area contributed by atoms with E-state index in [1.54, 1.807) is 48.5 Å². The first-order chi connectivity index (χ1) is 30.0. The number of esters is 2. The van der Waals surface area contributed by atoms with Crippen molar-refractivity contribution in [3.05, 3.63) is 125 Å². The quantitative estimate of drug-likeness (QED) is 0.0391. The van der Waals surface area contributed by atoms with Gasteiger partial charge in [-0.15, -0.1) is 0 Å². The highest BCUT2D eigenvalue weighted by Crippen LogP contribution is 2.52. The fourth-order valence-corrected chi connectivity index (χ4v) is 7.88. The van der Waals surface area contributed by atoms with Gasteiger partial charge in [-0.1, -0.05) is 119 Å². The predicted molar refractivity (Wildman–Crippen MR) is 245 cm³/mol. The maximum absolute atomic E-state index is 13.8. The van der Waals surface area contributed by atoms with Gasteiger partial charge in [0.05, 0.1) is 31.0 Å². The number of urea groups is 1. The molecule has 63 heavy (non-hydrogen) atoms. The van der Waals surface area contributed by atoms with E-state index >= 15 is 0 Å². The molecule has 0 saturated heterocycles. The zero-order valence-corrected chi connectivity index (χ0v) is 38.6. The Morgan fingerprint density at radius 2 is 1.27 bits per heavy atom. The number of ether oxygens (including phenoxy) is 2. The molecule has 0 saturated carbocycles.